The molecule has 8 heteroatoms. The summed E-state index contributed by atoms with van der Waals surface area (Å²) in [4.78, 5) is 13.1. The molecule has 37 heavy (non-hydrogen) atoms. The van der Waals surface area contributed by atoms with Gasteiger partial charge in [0.1, 0.15) is 12.4 Å². The molecule has 0 fully saturated rings. The Morgan fingerprint density at radius 2 is 1.68 bits per heavy atom. The molecule has 7 nitrogen and oxygen atoms in total. The van der Waals surface area contributed by atoms with E-state index < -0.39 is 0 Å². The molecule has 0 spiro atoms. The van der Waals surface area contributed by atoms with Crippen LogP contribution in [0.2, 0.25) is 5.02 Å². The Morgan fingerprint density at radius 1 is 0.919 bits per heavy atom. The van der Waals surface area contributed by atoms with E-state index in [-0.39, 0.29) is 5.91 Å². The van der Waals surface area contributed by atoms with E-state index in [4.69, 9.17) is 25.8 Å². The zero-order valence-electron chi connectivity index (χ0n) is 21.6. The molecular formula is C29H30ClN3O4. The first-order valence-electron chi connectivity index (χ1n) is 11.8. The average Bonchev–Trinajstić information content (AvgIpc) is 3.15. The average molecular weight is 520 g/mol. The van der Waals surface area contributed by atoms with Gasteiger partial charge in [-0.15, -0.1) is 0 Å². The summed E-state index contributed by atoms with van der Waals surface area (Å²) in [5.41, 5.74) is 5.69. The van der Waals surface area contributed by atoms with Gasteiger partial charge in [0.15, 0.2) is 11.5 Å². The van der Waals surface area contributed by atoms with E-state index in [0.717, 1.165) is 33.8 Å². The molecule has 1 amide bonds. The zero-order chi connectivity index (χ0) is 26.5. The van der Waals surface area contributed by atoms with Gasteiger partial charge in [0.05, 0.1) is 37.8 Å². The summed E-state index contributed by atoms with van der Waals surface area (Å²) in [7, 11) is 3.22. The van der Waals surface area contributed by atoms with Crippen molar-refractivity contribution in [3.8, 4) is 17.2 Å². The monoisotopic (exact) mass is 519 g/mol. The quantitative estimate of drug-likeness (QED) is 0.278. The van der Waals surface area contributed by atoms with E-state index in [2.05, 4.69) is 10.4 Å². The van der Waals surface area contributed by atoms with Crippen LogP contribution in [0.3, 0.4) is 0 Å². The van der Waals surface area contributed by atoms with Crippen LogP contribution in [0.1, 0.15) is 38.4 Å². The normalized spacial score (nSPS) is 10.8. The molecule has 4 aromatic rings. The van der Waals surface area contributed by atoms with Crippen molar-refractivity contribution in [1.29, 1.82) is 0 Å². The summed E-state index contributed by atoms with van der Waals surface area (Å²) < 4.78 is 18.5. The number of aromatic nitrogens is 2. The number of benzene rings is 3. The van der Waals surface area contributed by atoms with Crippen molar-refractivity contribution in [3.63, 3.8) is 0 Å². The van der Waals surface area contributed by atoms with Crippen molar-refractivity contribution in [3.05, 3.63) is 99.3 Å². The van der Waals surface area contributed by atoms with Crippen LogP contribution < -0.4 is 19.5 Å². The van der Waals surface area contributed by atoms with Crippen molar-refractivity contribution in [2.24, 2.45) is 0 Å². The maximum Gasteiger partial charge on any atom is 0.255 e. The third-order valence-corrected chi connectivity index (χ3v) is 6.36. The molecule has 0 aliphatic heterocycles. The Bertz CT molecular complexity index is 1430. The SMILES string of the molecule is COc1ccc(Cn2nc(C)c(NC(=O)c3cccc(COc4ccc(Cl)cc4C)c3)c2C)cc1OC. The number of carbonyl (C=O) groups is 1. The Labute approximate surface area is 221 Å². The molecule has 0 aliphatic carbocycles. The van der Waals surface area contributed by atoms with Crippen molar-refractivity contribution >= 4 is 23.2 Å². The highest BCUT2D eigenvalue weighted by Gasteiger charge is 2.16. The van der Waals surface area contributed by atoms with Gasteiger partial charge in [-0.1, -0.05) is 29.8 Å². The Kier molecular flexibility index (Phi) is 8.04. The first-order valence-corrected chi connectivity index (χ1v) is 12.2. The van der Waals surface area contributed by atoms with Gasteiger partial charge in [-0.2, -0.15) is 5.10 Å². The highest BCUT2D eigenvalue weighted by molar-refractivity contribution is 6.30. The molecule has 0 bridgehead atoms. The molecule has 0 saturated heterocycles. The number of nitrogens with one attached hydrogen (secondary N) is 1. The largest absolute Gasteiger partial charge is 0.493 e. The highest BCUT2D eigenvalue weighted by atomic mass is 35.5. The fourth-order valence-electron chi connectivity index (χ4n) is 4.11. The molecule has 4 rings (SSSR count). The van der Waals surface area contributed by atoms with Crippen LogP contribution in [0.4, 0.5) is 5.69 Å². The molecule has 3 aromatic carbocycles. The topological polar surface area (TPSA) is 74.6 Å². The van der Waals surface area contributed by atoms with E-state index >= 15 is 0 Å². The Morgan fingerprint density at radius 3 is 2.41 bits per heavy atom. The van der Waals surface area contributed by atoms with Crippen molar-refractivity contribution in [1.82, 2.24) is 9.78 Å². The number of anilines is 1. The first kappa shape index (κ1) is 26.1. The lowest BCUT2D eigenvalue weighted by Crippen LogP contribution is -2.14. The van der Waals surface area contributed by atoms with E-state index in [1.807, 2.05) is 74.0 Å². The van der Waals surface area contributed by atoms with Crippen LogP contribution in [0.25, 0.3) is 0 Å². The van der Waals surface area contributed by atoms with Crippen LogP contribution in [-0.4, -0.2) is 29.9 Å². The van der Waals surface area contributed by atoms with Gasteiger partial charge in [-0.3, -0.25) is 9.48 Å². The number of methoxy groups -OCH3 is 2. The molecule has 1 heterocycles. The second-order valence-electron chi connectivity index (χ2n) is 8.75. The molecule has 192 valence electrons. The van der Waals surface area contributed by atoms with Crippen LogP contribution in [0.5, 0.6) is 17.2 Å². The number of carbonyl (C=O) groups excluding carboxylic acids is 1. The second-order valence-corrected chi connectivity index (χ2v) is 9.18. The summed E-state index contributed by atoms with van der Waals surface area (Å²) in [5, 5.41) is 8.35. The van der Waals surface area contributed by atoms with Crippen LogP contribution in [0, 0.1) is 20.8 Å². The number of halogens is 1. The highest BCUT2D eigenvalue weighted by Crippen LogP contribution is 2.29. The van der Waals surface area contributed by atoms with Gasteiger partial charge >= 0.3 is 0 Å². The summed E-state index contributed by atoms with van der Waals surface area (Å²) in [6.07, 6.45) is 0. The summed E-state index contributed by atoms with van der Waals surface area (Å²) in [6.45, 7) is 6.63. The van der Waals surface area contributed by atoms with Crippen molar-refractivity contribution in [2.75, 3.05) is 19.5 Å². The van der Waals surface area contributed by atoms with Gasteiger partial charge < -0.3 is 19.5 Å². The van der Waals surface area contributed by atoms with E-state index in [0.29, 0.717) is 40.9 Å². The number of hydrogen-bond acceptors (Lipinski definition) is 5. The smallest absolute Gasteiger partial charge is 0.255 e. The summed E-state index contributed by atoms with van der Waals surface area (Å²) >= 11 is 6.03. The number of hydrogen-bond donors (Lipinski definition) is 1. The Hall–Kier alpha value is -3.97. The maximum absolute atomic E-state index is 13.1. The van der Waals surface area contributed by atoms with Crippen molar-refractivity contribution < 1.29 is 19.0 Å². The molecule has 0 aliphatic rings. The fraction of sp³-hybridized carbons (Fsp3) is 0.241. The van der Waals surface area contributed by atoms with E-state index in [1.54, 1.807) is 26.4 Å². The number of ether oxygens (including phenoxy) is 3. The number of rotatable bonds is 9. The predicted molar refractivity (Wildman–Crippen MR) is 145 cm³/mol. The number of nitrogens with zero attached hydrogens (tertiary/aromatic N) is 2. The minimum absolute atomic E-state index is 0.207. The zero-order valence-corrected chi connectivity index (χ0v) is 22.3. The molecule has 0 unspecified atom stereocenters. The summed E-state index contributed by atoms with van der Waals surface area (Å²) in [5.74, 6) is 1.88. The van der Waals surface area contributed by atoms with Gasteiger partial charge in [0, 0.05) is 10.6 Å². The fourth-order valence-corrected chi connectivity index (χ4v) is 4.33. The molecule has 0 saturated carbocycles. The van der Waals surface area contributed by atoms with Gasteiger partial charge in [-0.25, -0.2) is 0 Å². The van der Waals surface area contributed by atoms with E-state index in [9.17, 15) is 4.79 Å². The van der Waals surface area contributed by atoms with Crippen LogP contribution >= 0.6 is 11.6 Å². The van der Waals surface area contributed by atoms with Gasteiger partial charge in [-0.05, 0) is 79.9 Å². The second kappa shape index (κ2) is 11.4. The molecule has 1 N–H and O–H groups in total. The van der Waals surface area contributed by atoms with E-state index in [1.165, 1.54) is 0 Å². The molecule has 1 aromatic heterocycles. The number of amides is 1. The Balaban J connectivity index is 1.46. The molecule has 0 radical (unpaired) electrons. The minimum Gasteiger partial charge on any atom is -0.493 e. The standard InChI is InChI=1S/C29H30ClN3O4/c1-18-13-24(30)10-12-25(18)37-17-22-7-6-8-23(14-22)29(34)31-28-19(2)32-33(20(28)3)16-21-9-11-26(35-4)27(15-21)36-5/h6-15H,16-17H2,1-5H3,(H,31,34). The lowest BCUT2D eigenvalue weighted by atomic mass is 10.1. The van der Waals surface area contributed by atoms with Crippen molar-refractivity contribution in [2.45, 2.75) is 33.9 Å². The molecule has 0 atom stereocenters. The lowest BCUT2D eigenvalue weighted by molar-refractivity contribution is 0.102. The lowest BCUT2D eigenvalue weighted by Gasteiger charge is -2.11. The predicted octanol–water partition coefficient (Wildman–Crippen LogP) is 6.36. The maximum atomic E-state index is 13.1. The van der Waals surface area contributed by atoms with Crippen LogP contribution in [-0.2, 0) is 13.2 Å². The summed E-state index contributed by atoms with van der Waals surface area (Å²) in [6, 6.07) is 18.7. The van der Waals surface area contributed by atoms with Gasteiger partial charge in [0.2, 0.25) is 0 Å². The molecular weight excluding hydrogens is 490 g/mol. The minimum atomic E-state index is -0.207. The van der Waals surface area contributed by atoms with Crippen LogP contribution in [0.15, 0.2) is 60.7 Å². The van der Waals surface area contributed by atoms with Gasteiger partial charge in [0.25, 0.3) is 5.91 Å². The first-order chi connectivity index (χ1) is 17.8. The third-order valence-electron chi connectivity index (χ3n) is 6.12. The number of aryl methyl sites for hydroxylation is 2. The third kappa shape index (κ3) is 6.06.